The Kier molecular flexibility index (Phi) is 3.91. The average molecular weight is 203 g/mol. The molecule has 1 aromatic rings. The molecule has 1 aromatic carbocycles. The zero-order valence-electron chi connectivity index (χ0n) is 7.83. The molecule has 0 unspecified atom stereocenters. The fraction of sp³-hybridized carbons (Fsp3) is 0. The van der Waals surface area contributed by atoms with Gasteiger partial charge in [0.05, 0.1) is 12.4 Å². The van der Waals surface area contributed by atoms with Gasteiger partial charge in [-0.15, -0.1) is 0 Å². The van der Waals surface area contributed by atoms with Crippen LogP contribution >= 0.6 is 0 Å². The Morgan fingerprint density at radius 2 is 1.60 bits per heavy atom. The quantitative estimate of drug-likeness (QED) is 0.739. The molecule has 0 aliphatic carbocycles. The summed E-state index contributed by atoms with van der Waals surface area (Å²) in [6, 6.07) is 8.35. The van der Waals surface area contributed by atoms with Crippen molar-refractivity contribution in [2.75, 3.05) is 0 Å². The number of aliphatic imine (C=N–C) groups is 2. The highest BCUT2D eigenvalue weighted by Crippen LogP contribution is 1.94. The van der Waals surface area contributed by atoms with Crippen molar-refractivity contribution >= 4 is 24.4 Å². The minimum Gasteiger partial charge on any atom is -0.366 e. The van der Waals surface area contributed by atoms with Crippen LogP contribution in [0.25, 0.3) is 0 Å². The summed E-state index contributed by atoms with van der Waals surface area (Å²) < 4.78 is 0. The van der Waals surface area contributed by atoms with E-state index >= 15 is 0 Å². The van der Waals surface area contributed by atoms with Crippen LogP contribution in [0.5, 0.6) is 0 Å². The molecule has 0 fully saturated rings. The van der Waals surface area contributed by atoms with E-state index in [1.165, 1.54) is 12.4 Å². The van der Waals surface area contributed by atoms with Gasteiger partial charge in [0.2, 0.25) is 5.91 Å². The fourth-order valence-corrected chi connectivity index (χ4v) is 0.830. The zero-order valence-corrected chi connectivity index (χ0v) is 7.83. The van der Waals surface area contributed by atoms with Gasteiger partial charge in [-0.25, -0.2) is 4.79 Å². The molecule has 0 spiro atoms. The van der Waals surface area contributed by atoms with Gasteiger partial charge in [-0.1, -0.05) is 18.2 Å². The third-order valence-electron chi connectivity index (χ3n) is 1.49. The van der Waals surface area contributed by atoms with Gasteiger partial charge >= 0.3 is 6.03 Å². The zero-order chi connectivity index (χ0) is 11.1. The summed E-state index contributed by atoms with van der Waals surface area (Å²) in [7, 11) is 0. The Morgan fingerprint density at radius 3 is 1.87 bits per heavy atom. The van der Waals surface area contributed by atoms with Gasteiger partial charge in [-0.05, 0) is 12.1 Å². The molecule has 76 valence electrons. The molecule has 2 N–H and O–H groups in total. The number of rotatable bonds is 1. The highest BCUT2D eigenvalue weighted by atomic mass is 16.2. The van der Waals surface area contributed by atoms with Crippen molar-refractivity contribution in [3.63, 3.8) is 0 Å². The van der Waals surface area contributed by atoms with Crippen molar-refractivity contribution in [1.29, 1.82) is 0 Å². The van der Waals surface area contributed by atoms with Crippen molar-refractivity contribution in [3.05, 3.63) is 35.9 Å². The number of amides is 3. The maximum absolute atomic E-state index is 10.4. The summed E-state index contributed by atoms with van der Waals surface area (Å²) >= 11 is 0. The van der Waals surface area contributed by atoms with Crippen LogP contribution < -0.4 is 5.73 Å². The second kappa shape index (κ2) is 5.43. The Balaban J connectivity index is 0.000000162. The smallest absolute Gasteiger partial charge is 0.366 e. The van der Waals surface area contributed by atoms with E-state index in [1.807, 2.05) is 6.07 Å². The molecule has 1 heterocycles. The molecule has 3 amide bonds. The lowest BCUT2D eigenvalue weighted by molar-refractivity contribution is 0.100. The van der Waals surface area contributed by atoms with Crippen LogP contribution in [0.4, 0.5) is 4.79 Å². The number of primary amides is 1. The van der Waals surface area contributed by atoms with E-state index < -0.39 is 6.03 Å². The highest BCUT2D eigenvalue weighted by Gasteiger charge is 1.93. The lowest BCUT2D eigenvalue weighted by atomic mass is 10.2. The molecule has 2 rings (SSSR count). The van der Waals surface area contributed by atoms with Gasteiger partial charge in [0.25, 0.3) is 0 Å². The molecule has 1 aliphatic heterocycles. The van der Waals surface area contributed by atoms with Gasteiger partial charge in [-0.2, -0.15) is 9.98 Å². The van der Waals surface area contributed by atoms with Crippen molar-refractivity contribution < 1.29 is 9.59 Å². The molecule has 0 radical (unpaired) electrons. The first-order valence-electron chi connectivity index (χ1n) is 4.15. The number of benzene rings is 1. The van der Waals surface area contributed by atoms with E-state index in [0.717, 1.165) is 0 Å². The predicted molar refractivity (Wildman–Crippen MR) is 57.3 cm³/mol. The Labute approximate surface area is 86.3 Å². The van der Waals surface area contributed by atoms with Crippen LogP contribution in [0.2, 0.25) is 0 Å². The number of carbonyl (C=O) groups is 2. The van der Waals surface area contributed by atoms with Gasteiger partial charge < -0.3 is 5.73 Å². The first-order valence-corrected chi connectivity index (χ1v) is 4.15. The molecule has 0 atom stereocenters. The summed E-state index contributed by atoms with van der Waals surface area (Å²) in [6.45, 7) is 0. The number of nitrogens with two attached hydrogens (primary N) is 1. The van der Waals surface area contributed by atoms with E-state index in [4.69, 9.17) is 5.73 Å². The number of urea groups is 1. The van der Waals surface area contributed by atoms with Crippen molar-refractivity contribution in [2.24, 2.45) is 15.7 Å². The van der Waals surface area contributed by atoms with Crippen molar-refractivity contribution in [3.8, 4) is 0 Å². The lowest BCUT2D eigenvalue weighted by Crippen LogP contribution is -2.09. The normalized spacial score (nSPS) is 12.1. The molecule has 15 heavy (non-hydrogen) atoms. The van der Waals surface area contributed by atoms with E-state index in [9.17, 15) is 9.59 Å². The van der Waals surface area contributed by atoms with E-state index in [0.29, 0.717) is 5.56 Å². The summed E-state index contributed by atoms with van der Waals surface area (Å²) in [5.74, 6) is -0.379. The van der Waals surface area contributed by atoms with Crippen LogP contribution in [0, 0.1) is 0 Å². The second-order valence-electron chi connectivity index (χ2n) is 2.57. The minimum atomic E-state index is -0.407. The monoisotopic (exact) mass is 203 g/mol. The highest BCUT2D eigenvalue weighted by molar-refractivity contribution is 6.25. The molecule has 0 saturated carbocycles. The number of hydrogen-bond acceptors (Lipinski definition) is 2. The Bertz CT molecular complexity index is 396. The average Bonchev–Trinajstić information content (AvgIpc) is 2.71. The van der Waals surface area contributed by atoms with E-state index in [2.05, 4.69) is 9.98 Å². The van der Waals surface area contributed by atoms with Crippen molar-refractivity contribution in [2.45, 2.75) is 0 Å². The number of nitrogens with zero attached hydrogens (tertiary/aromatic N) is 2. The summed E-state index contributed by atoms with van der Waals surface area (Å²) in [6.07, 6.45) is 2.73. The van der Waals surface area contributed by atoms with Crippen molar-refractivity contribution in [1.82, 2.24) is 0 Å². The Morgan fingerprint density at radius 1 is 1.07 bits per heavy atom. The van der Waals surface area contributed by atoms with Gasteiger partial charge in [-0.3, -0.25) is 4.79 Å². The van der Waals surface area contributed by atoms with Crippen LogP contribution in [-0.4, -0.2) is 24.4 Å². The van der Waals surface area contributed by atoms with Gasteiger partial charge in [0, 0.05) is 5.56 Å². The number of carbonyl (C=O) groups excluding carboxylic acids is 2. The van der Waals surface area contributed by atoms with Crippen LogP contribution in [0.15, 0.2) is 40.3 Å². The molecule has 0 saturated heterocycles. The molecule has 5 heteroatoms. The third-order valence-corrected chi connectivity index (χ3v) is 1.49. The van der Waals surface area contributed by atoms with E-state index in [1.54, 1.807) is 24.3 Å². The summed E-state index contributed by atoms with van der Waals surface area (Å²) in [4.78, 5) is 26.8. The molecular weight excluding hydrogens is 194 g/mol. The third kappa shape index (κ3) is 3.95. The first kappa shape index (κ1) is 10.8. The second-order valence-corrected chi connectivity index (χ2v) is 2.57. The fourth-order valence-electron chi connectivity index (χ4n) is 0.830. The first-order chi connectivity index (χ1) is 7.20. The summed E-state index contributed by atoms with van der Waals surface area (Å²) in [5.41, 5.74) is 5.53. The van der Waals surface area contributed by atoms with E-state index in [-0.39, 0.29) is 5.91 Å². The SMILES string of the molecule is NC(=O)c1ccccc1.O=C1N=CC=N1. The largest absolute Gasteiger partial charge is 0.367 e. The maximum Gasteiger partial charge on any atom is 0.367 e. The van der Waals surface area contributed by atoms with Gasteiger partial charge in [0.1, 0.15) is 0 Å². The Hall–Kier alpha value is -2.30. The lowest BCUT2D eigenvalue weighted by Gasteiger charge is -1.89. The standard InChI is InChI=1S/C7H7NO.C3H2N2O/c8-7(9)6-4-2-1-3-5-6;6-3-4-1-2-5-3/h1-5H,(H2,8,9);1-2H. The minimum absolute atomic E-state index is 0.379. The molecule has 0 bridgehead atoms. The molecular formula is C10H9N3O2. The molecule has 1 aliphatic rings. The summed E-state index contributed by atoms with van der Waals surface area (Å²) in [5, 5.41) is 0. The molecule has 0 aromatic heterocycles. The van der Waals surface area contributed by atoms with Gasteiger partial charge in [0.15, 0.2) is 0 Å². The maximum atomic E-state index is 10.4. The number of hydrogen-bond donors (Lipinski definition) is 1. The van der Waals surface area contributed by atoms with Crippen LogP contribution in [-0.2, 0) is 0 Å². The molecule has 5 nitrogen and oxygen atoms in total. The van der Waals surface area contributed by atoms with Crippen LogP contribution in [0.1, 0.15) is 10.4 Å². The van der Waals surface area contributed by atoms with Crippen LogP contribution in [0.3, 0.4) is 0 Å². The predicted octanol–water partition coefficient (Wildman–Crippen LogP) is 1.05. The topological polar surface area (TPSA) is 84.9 Å².